The molecule has 0 unspecified atom stereocenters. The molecule has 154 valence electrons. The van der Waals surface area contributed by atoms with E-state index in [2.05, 4.69) is 48.1 Å². The monoisotopic (exact) mass is 396 g/mol. The number of esters is 2. The molecule has 0 radical (unpaired) electrons. The van der Waals surface area contributed by atoms with Crippen LogP contribution in [0.4, 0.5) is 0 Å². The second kappa shape index (κ2) is 9.58. The summed E-state index contributed by atoms with van der Waals surface area (Å²) in [4.78, 5) is 24.3. The minimum absolute atomic E-state index is 0.379. The Morgan fingerprint density at radius 1 is 0.963 bits per heavy atom. The summed E-state index contributed by atoms with van der Waals surface area (Å²) < 4.78 is 16.4. The molecule has 0 saturated heterocycles. The standard InChI is InChI=1S/C21H36O5Si/c1-13(2)27(14(3)4,15(5)6)26-16(7)17-10-11-18(20(22)24-8)19(12-17)21(23)25-9/h10,13-15,18-19H,7,11-12H2,1-6,8-9H3/t18-,19+/m1/s1. The van der Waals surface area contributed by atoms with Crippen LogP contribution in [-0.2, 0) is 23.5 Å². The highest BCUT2D eigenvalue weighted by Crippen LogP contribution is 2.45. The van der Waals surface area contributed by atoms with Crippen LogP contribution in [0.3, 0.4) is 0 Å². The van der Waals surface area contributed by atoms with Crippen molar-refractivity contribution in [3.8, 4) is 0 Å². The van der Waals surface area contributed by atoms with Crippen LogP contribution in [0.25, 0.3) is 0 Å². The van der Waals surface area contributed by atoms with Crippen molar-refractivity contribution in [3.63, 3.8) is 0 Å². The molecule has 0 fully saturated rings. The lowest BCUT2D eigenvalue weighted by atomic mass is 9.79. The van der Waals surface area contributed by atoms with Gasteiger partial charge < -0.3 is 13.9 Å². The molecule has 1 aliphatic rings. The molecule has 0 aromatic carbocycles. The molecule has 27 heavy (non-hydrogen) atoms. The summed E-state index contributed by atoms with van der Waals surface area (Å²) in [5.41, 5.74) is 2.18. The predicted molar refractivity (Wildman–Crippen MR) is 110 cm³/mol. The Bertz CT molecular complexity index is 570. The first-order valence-corrected chi connectivity index (χ1v) is 11.9. The lowest BCUT2D eigenvalue weighted by molar-refractivity contribution is -0.157. The van der Waals surface area contributed by atoms with Gasteiger partial charge in [0.15, 0.2) is 0 Å². The van der Waals surface area contributed by atoms with E-state index in [1.54, 1.807) is 0 Å². The second-order valence-electron chi connectivity index (χ2n) is 8.27. The molecule has 0 aromatic heterocycles. The molecular weight excluding hydrogens is 360 g/mol. The summed E-state index contributed by atoms with van der Waals surface area (Å²) >= 11 is 0. The van der Waals surface area contributed by atoms with E-state index < -0.39 is 26.1 Å². The second-order valence-corrected chi connectivity index (χ2v) is 13.6. The predicted octanol–water partition coefficient (Wildman–Crippen LogP) is 4.99. The highest BCUT2D eigenvalue weighted by atomic mass is 28.4. The number of carbonyl (C=O) groups excluding carboxylic acids is 2. The van der Waals surface area contributed by atoms with Gasteiger partial charge >= 0.3 is 11.9 Å². The first kappa shape index (κ1) is 23.5. The van der Waals surface area contributed by atoms with E-state index in [1.165, 1.54) is 14.2 Å². The zero-order valence-electron chi connectivity index (χ0n) is 18.1. The van der Waals surface area contributed by atoms with E-state index in [4.69, 9.17) is 13.9 Å². The van der Waals surface area contributed by atoms with Gasteiger partial charge in [0.05, 0.1) is 31.8 Å². The van der Waals surface area contributed by atoms with Crippen molar-refractivity contribution >= 4 is 20.3 Å². The maximum absolute atomic E-state index is 12.3. The molecule has 0 amide bonds. The third-order valence-electron chi connectivity index (χ3n) is 5.92. The highest BCUT2D eigenvalue weighted by Gasteiger charge is 2.48. The Kier molecular flexibility index (Phi) is 8.33. The Hall–Kier alpha value is -1.56. The Balaban J connectivity index is 3.14. The average molecular weight is 397 g/mol. The van der Waals surface area contributed by atoms with Gasteiger partial charge in [-0.05, 0) is 35.0 Å². The van der Waals surface area contributed by atoms with Crippen LogP contribution in [0.5, 0.6) is 0 Å². The van der Waals surface area contributed by atoms with Gasteiger partial charge in [0, 0.05) is 0 Å². The van der Waals surface area contributed by atoms with Crippen molar-refractivity contribution in [1.82, 2.24) is 0 Å². The fourth-order valence-corrected chi connectivity index (χ4v) is 9.83. The number of rotatable bonds is 8. The molecule has 6 heteroatoms. The van der Waals surface area contributed by atoms with Crippen molar-refractivity contribution in [1.29, 1.82) is 0 Å². The summed E-state index contributed by atoms with van der Waals surface area (Å²) in [5.74, 6) is -1.25. The molecule has 0 N–H and O–H groups in total. The zero-order valence-corrected chi connectivity index (χ0v) is 19.1. The SMILES string of the molecule is C=C(O[Si](C(C)C)(C(C)C)C(C)C)C1=CC[C@@H](C(=O)OC)[C@@H](C(=O)OC)C1. The van der Waals surface area contributed by atoms with E-state index in [0.29, 0.717) is 35.2 Å². The topological polar surface area (TPSA) is 61.8 Å². The maximum atomic E-state index is 12.3. The van der Waals surface area contributed by atoms with Gasteiger partial charge in [0.1, 0.15) is 0 Å². The third-order valence-corrected chi connectivity index (χ3v) is 11.9. The molecule has 0 aromatic rings. The van der Waals surface area contributed by atoms with Gasteiger partial charge in [0.25, 0.3) is 8.32 Å². The zero-order chi connectivity index (χ0) is 20.9. The molecule has 1 aliphatic carbocycles. The summed E-state index contributed by atoms with van der Waals surface area (Å²) in [7, 11) is 0.555. The van der Waals surface area contributed by atoms with Crippen molar-refractivity contribution in [2.24, 2.45) is 11.8 Å². The van der Waals surface area contributed by atoms with E-state index in [9.17, 15) is 9.59 Å². The van der Waals surface area contributed by atoms with Crippen molar-refractivity contribution in [2.75, 3.05) is 14.2 Å². The molecule has 5 nitrogen and oxygen atoms in total. The van der Waals surface area contributed by atoms with Crippen molar-refractivity contribution in [2.45, 2.75) is 71.0 Å². The van der Waals surface area contributed by atoms with Crippen molar-refractivity contribution in [3.05, 3.63) is 24.0 Å². The van der Waals surface area contributed by atoms with E-state index >= 15 is 0 Å². The number of methoxy groups -OCH3 is 2. The van der Waals surface area contributed by atoms with E-state index in [0.717, 1.165) is 5.57 Å². The van der Waals surface area contributed by atoms with Gasteiger partial charge in [0.2, 0.25) is 0 Å². The number of hydrogen-bond donors (Lipinski definition) is 0. The third kappa shape index (κ3) is 4.84. The molecule has 0 saturated carbocycles. The first-order chi connectivity index (χ1) is 12.5. The number of allylic oxidation sites excluding steroid dienone is 2. The summed E-state index contributed by atoms with van der Waals surface area (Å²) in [6, 6.07) is 0. The number of carbonyl (C=O) groups is 2. The number of hydrogen-bond acceptors (Lipinski definition) is 5. The van der Waals surface area contributed by atoms with Crippen LogP contribution in [-0.4, -0.2) is 34.5 Å². The molecule has 1 rings (SSSR count). The van der Waals surface area contributed by atoms with Crippen LogP contribution >= 0.6 is 0 Å². The van der Waals surface area contributed by atoms with Crippen LogP contribution in [0.2, 0.25) is 16.6 Å². The molecule has 0 aliphatic heterocycles. The Morgan fingerprint density at radius 2 is 1.41 bits per heavy atom. The fourth-order valence-electron chi connectivity index (χ4n) is 4.57. The minimum Gasteiger partial charge on any atom is -0.543 e. The Labute approximate surface area is 165 Å². The van der Waals surface area contributed by atoms with E-state index in [-0.39, 0.29) is 5.97 Å². The largest absolute Gasteiger partial charge is 0.543 e. The average Bonchev–Trinajstić information content (AvgIpc) is 2.62. The molecule has 2 atom stereocenters. The fraction of sp³-hybridized carbons (Fsp3) is 0.714. The Morgan fingerprint density at radius 3 is 1.81 bits per heavy atom. The normalized spacial score (nSPS) is 20.5. The molecule has 0 spiro atoms. The van der Waals surface area contributed by atoms with Gasteiger partial charge in [-0.15, -0.1) is 0 Å². The van der Waals surface area contributed by atoms with Gasteiger partial charge in [-0.25, -0.2) is 0 Å². The lowest BCUT2D eigenvalue weighted by Crippen LogP contribution is -2.47. The van der Waals surface area contributed by atoms with E-state index in [1.807, 2.05) is 6.08 Å². The highest BCUT2D eigenvalue weighted by molar-refractivity contribution is 6.77. The van der Waals surface area contributed by atoms with Crippen LogP contribution in [0.15, 0.2) is 24.0 Å². The summed E-state index contributed by atoms with van der Waals surface area (Å²) in [5, 5.41) is 0. The lowest BCUT2D eigenvalue weighted by Gasteiger charge is -2.43. The maximum Gasteiger partial charge on any atom is 0.309 e. The minimum atomic E-state index is -2.13. The number of ether oxygens (including phenoxy) is 2. The van der Waals surface area contributed by atoms with Crippen molar-refractivity contribution < 1.29 is 23.5 Å². The molecule has 0 heterocycles. The quantitative estimate of drug-likeness (QED) is 0.328. The first-order valence-electron chi connectivity index (χ1n) is 9.75. The summed E-state index contributed by atoms with van der Waals surface area (Å²) in [6.45, 7) is 17.5. The van der Waals surface area contributed by atoms with Crippen LogP contribution in [0.1, 0.15) is 54.4 Å². The molecule has 0 bridgehead atoms. The van der Waals surface area contributed by atoms with Gasteiger partial charge in [-0.2, -0.15) is 0 Å². The van der Waals surface area contributed by atoms with Gasteiger partial charge in [-0.1, -0.05) is 54.2 Å². The smallest absolute Gasteiger partial charge is 0.309 e. The summed E-state index contributed by atoms with van der Waals surface area (Å²) in [6.07, 6.45) is 2.76. The van der Waals surface area contributed by atoms with Crippen LogP contribution in [0, 0.1) is 11.8 Å². The molecular formula is C21H36O5Si. The van der Waals surface area contributed by atoms with Gasteiger partial charge in [-0.3, -0.25) is 9.59 Å². The van der Waals surface area contributed by atoms with Crippen LogP contribution < -0.4 is 0 Å².